The van der Waals surface area contributed by atoms with Crippen molar-refractivity contribution in [3.05, 3.63) is 0 Å². The Bertz CT molecular complexity index is 268. The number of amides is 2. The average Bonchev–Trinajstić information content (AvgIpc) is 2.29. The summed E-state index contributed by atoms with van der Waals surface area (Å²) in [4.78, 5) is 24.9. The van der Waals surface area contributed by atoms with Crippen molar-refractivity contribution < 1.29 is 9.59 Å². The lowest BCUT2D eigenvalue weighted by Crippen LogP contribution is -2.44. The zero-order valence-corrected chi connectivity index (χ0v) is 10.2. The van der Waals surface area contributed by atoms with E-state index in [9.17, 15) is 9.59 Å². The third-order valence-electron chi connectivity index (χ3n) is 3.11. The van der Waals surface area contributed by atoms with Gasteiger partial charge < -0.3 is 15.5 Å². The summed E-state index contributed by atoms with van der Waals surface area (Å²) in [5.41, 5.74) is 0. The van der Waals surface area contributed by atoms with Crippen molar-refractivity contribution in [2.75, 3.05) is 27.2 Å². The van der Waals surface area contributed by atoms with Crippen LogP contribution in [0.5, 0.6) is 0 Å². The fourth-order valence-corrected chi connectivity index (χ4v) is 1.67. The molecule has 1 aliphatic heterocycles. The van der Waals surface area contributed by atoms with Gasteiger partial charge in [0.1, 0.15) is 0 Å². The smallest absolute Gasteiger partial charge is 0.223 e. The van der Waals surface area contributed by atoms with Crippen molar-refractivity contribution in [2.45, 2.75) is 25.8 Å². The first kappa shape index (κ1) is 13.0. The maximum atomic E-state index is 11.8. The summed E-state index contributed by atoms with van der Waals surface area (Å²) in [5, 5.41) is 5.92. The SMILES string of the molecule is CNC(C)CNC(=O)C1CCN(C)C(=O)C1. The van der Waals surface area contributed by atoms with Crippen LogP contribution >= 0.6 is 0 Å². The number of hydrogen-bond donors (Lipinski definition) is 2. The number of rotatable bonds is 4. The van der Waals surface area contributed by atoms with Crippen molar-refractivity contribution in [1.29, 1.82) is 0 Å². The second-order valence-electron chi connectivity index (χ2n) is 4.44. The molecule has 1 fully saturated rings. The summed E-state index contributed by atoms with van der Waals surface area (Å²) in [5.74, 6) is -0.0793. The molecule has 0 radical (unpaired) electrons. The monoisotopic (exact) mass is 227 g/mol. The Hall–Kier alpha value is -1.10. The Morgan fingerprint density at radius 1 is 1.62 bits per heavy atom. The highest BCUT2D eigenvalue weighted by Gasteiger charge is 2.28. The lowest BCUT2D eigenvalue weighted by molar-refractivity contribution is -0.139. The molecule has 2 unspecified atom stereocenters. The molecule has 0 aromatic rings. The predicted molar refractivity (Wildman–Crippen MR) is 61.9 cm³/mol. The van der Waals surface area contributed by atoms with Crippen LogP contribution in [0.1, 0.15) is 19.8 Å². The Labute approximate surface area is 96.6 Å². The molecule has 0 bridgehead atoms. The molecule has 2 N–H and O–H groups in total. The maximum absolute atomic E-state index is 11.8. The van der Waals surface area contributed by atoms with Crippen LogP contribution in [0.4, 0.5) is 0 Å². The van der Waals surface area contributed by atoms with E-state index in [1.54, 1.807) is 11.9 Å². The summed E-state index contributed by atoms with van der Waals surface area (Å²) >= 11 is 0. The maximum Gasteiger partial charge on any atom is 0.223 e. The van der Waals surface area contributed by atoms with Crippen LogP contribution in [0.15, 0.2) is 0 Å². The number of hydrogen-bond acceptors (Lipinski definition) is 3. The zero-order valence-electron chi connectivity index (χ0n) is 10.2. The van der Waals surface area contributed by atoms with Gasteiger partial charge in [0, 0.05) is 38.5 Å². The lowest BCUT2D eigenvalue weighted by atomic mass is 9.95. The van der Waals surface area contributed by atoms with Crippen molar-refractivity contribution in [3.8, 4) is 0 Å². The van der Waals surface area contributed by atoms with E-state index in [0.717, 1.165) is 6.42 Å². The molecule has 16 heavy (non-hydrogen) atoms. The molecule has 2 atom stereocenters. The summed E-state index contributed by atoms with van der Waals surface area (Å²) in [7, 11) is 3.63. The molecule has 1 aliphatic rings. The summed E-state index contributed by atoms with van der Waals surface area (Å²) in [6, 6.07) is 0.255. The van der Waals surface area contributed by atoms with Crippen LogP contribution < -0.4 is 10.6 Å². The number of likely N-dealkylation sites (tertiary alicyclic amines) is 1. The first-order valence-electron chi connectivity index (χ1n) is 5.73. The van der Waals surface area contributed by atoms with E-state index in [1.165, 1.54) is 0 Å². The lowest BCUT2D eigenvalue weighted by Gasteiger charge is -2.28. The van der Waals surface area contributed by atoms with Gasteiger partial charge in [-0.3, -0.25) is 9.59 Å². The van der Waals surface area contributed by atoms with E-state index >= 15 is 0 Å². The Morgan fingerprint density at radius 3 is 2.88 bits per heavy atom. The Morgan fingerprint density at radius 2 is 2.31 bits per heavy atom. The van der Waals surface area contributed by atoms with Crippen molar-refractivity contribution in [2.24, 2.45) is 5.92 Å². The summed E-state index contributed by atoms with van der Waals surface area (Å²) in [6.07, 6.45) is 1.11. The van der Waals surface area contributed by atoms with Crippen LogP contribution in [-0.4, -0.2) is 49.9 Å². The van der Waals surface area contributed by atoms with Gasteiger partial charge in [-0.25, -0.2) is 0 Å². The standard InChI is InChI=1S/C11H21N3O2/c1-8(12-2)7-13-11(16)9-4-5-14(3)10(15)6-9/h8-9,12H,4-7H2,1-3H3,(H,13,16). The van der Waals surface area contributed by atoms with Crippen molar-refractivity contribution in [1.82, 2.24) is 15.5 Å². The molecule has 1 heterocycles. The predicted octanol–water partition coefficient (Wildman–Crippen LogP) is -0.421. The van der Waals surface area contributed by atoms with Crippen LogP contribution in [0, 0.1) is 5.92 Å². The highest BCUT2D eigenvalue weighted by atomic mass is 16.2. The molecule has 0 spiro atoms. The average molecular weight is 227 g/mol. The molecule has 1 saturated heterocycles. The van der Waals surface area contributed by atoms with Gasteiger partial charge in [-0.15, -0.1) is 0 Å². The minimum absolute atomic E-state index is 0.00329. The van der Waals surface area contributed by atoms with Gasteiger partial charge in [0.15, 0.2) is 0 Å². The van der Waals surface area contributed by atoms with E-state index in [-0.39, 0.29) is 23.8 Å². The molecule has 92 valence electrons. The molecular weight excluding hydrogens is 206 g/mol. The minimum atomic E-state index is -0.146. The van der Waals surface area contributed by atoms with Gasteiger partial charge in [0.25, 0.3) is 0 Å². The van der Waals surface area contributed by atoms with Gasteiger partial charge in [-0.05, 0) is 20.4 Å². The van der Waals surface area contributed by atoms with Crippen LogP contribution in [-0.2, 0) is 9.59 Å². The van der Waals surface area contributed by atoms with Crippen molar-refractivity contribution in [3.63, 3.8) is 0 Å². The molecule has 1 rings (SSSR count). The first-order chi connectivity index (χ1) is 7.54. The minimum Gasteiger partial charge on any atom is -0.354 e. The third kappa shape index (κ3) is 3.48. The Kier molecular flexibility index (Phi) is 4.73. The molecule has 2 amide bonds. The van der Waals surface area contributed by atoms with Gasteiger partial charge in [0.05, 0.1) is 0 Å². The molecule has 0 aromatic heterocycles. The number of likely N-dealkylation sites (N-methyl/N-ethyl adjacent to an activating group) is 1. The molecule has 0 aliphatic carbocycles. The molecule has 0 saturated carbocycles. The van der Waals surface area contributed by atoms with Crippen LogP contribution in [0.2, 0.25) is 0 Å². The van der Waals surface area contributed by atoms with Crippen LogP contribution in [0.25, 0.3) is 0 Å². The molecule has 5 heteroatoms. The second-order valence-corrected chi connectivity index (χ2v) is 4.44. The normalized spacial score (nSPS) is 23.1. The van der Waals surface area contributed by atoms with Gasteiger partial charge in [0.2, 0.25) is 11.8 Å². The zero-order chi connectivity index (χ0) is 12.1. The van der Waals surface area contributed by atoms with Gasteiger partial charge in [-0.1, -0.05) is 0 Å². The first-order valence-corrected chi connectivity index (χ1v) is 5.73. The highest BCUT2D eigenvalue weighted by molar-refractivity contribution is 5.86. The fourth-order valence-electron chi connectivity index (χ4n) is 1.67. The fraction of sp³-hybridized carbons (Fsp3) is 0.818. The molecule has 0 aromatic carbocycles. The number of piperidine rings is 1. The van der Waals surface area contributed by atoms with Gasteiger partial charge in [-0.2, -0.15) is 0 Å². The number of carbonyl (C=O) groups is 2. The second kappa shape index (κ2) is 5.84. The highest BCUT2D eigenvalue weighted by Crippen LogP contribution is 2.16. The Balaban J connectivity index is 2.34. The quantitative estimate of drug-likeness (QED) is 0.685. The van der Waals surface area contributed by atoms with E-state index < -0.39 is 0 Å². The summed E-state index contributed by atoms with van der Waals surface area (Å²) in [6.45, 7) is 3.29. The number of nitrogens with zero attached hydrogens (tertiary/aromatic N) is 1. The van der Waals surface area contributed by atoms with Crippen LogP contribution in [0.3, 0.4) is 0 Å². The van der Waals surface area contributed by atoms with E-state index in [4.69, 9.17) is 0 Å². The third-order valence-corrected chi connectivity index (χ3v) is 3.11. The number of nitrogens with one attached hydrogen (secondary N) is 2. The number of carbonyl (C=O) groups excluding carboxylic acids is 2. The largest absolute Gasteiger partial charge is 0.354 e. The topological polar surface area (TPSA) is 61.4 Å². The van der Waals surface area contributed by atoms with E-state index in [0.29, 0.717) is 19.5 Å². The van der Waals surface area contributed by atoms with E-state index in [1.807, 2.05) is 14.0 Å². The van der Waals surface area contributed by atoms with Crippen molar-refractivity contribution >= 4 is 11.8 Å². The van der Waals surface area contributed by atoms with E-state index in [2.05, 4.69) is 10.6 Å². The molecular formula is C11H21N3O2. The molecule has 5 nitrogen and oxygen atoms in total. The van der Waals surface area contributed by atoms with Gasteiger partial charge >= 0.3 is 0 Å². The summed E-state index contributed by atoms with van der Waals surface area (Å²) < 4.78 is 0.